The molecule has 0 fully saturated rings. The first kappa shape index (κ1) is 24.5. The number of rotatable bonds is 8. The molecule has 3 aromatic rings. The minimum absolute atomic E-state index is 0.225. The number of thiazole rings is 1. The van der Waals surface area contributed by atoms with E-state index < -0.39 is 12.0 Å². The van der Waals surface area contributed by atoms with Gasteiger partial charge in [0.25, 0.3) is 5.56 Å². The third-order valence-corrected chi connectivity index (χ3v) is 6.89. The average Bonchev–Trinajstić information content (AvgIpc) is 3.43. The molecule has 0 N–H and O–H groups in total. The number of esters is 1. The first-order valence-corrected chi connectivity index (χ1v) is 12.4. The van der Waals surface area contributed by atoms with Gasteiger partial charge in [0.05, 0.1) is 35.6 Å². The van der Waals surface area contributed by atoms with Gasteiger partial charge in [0, 0.05) is 25.2 Å². The van der Waals surface area contributed by atoms with Crippen molar-refractivity contribution in [2.24, 2.45) is 4.99 Å². The second-order valence-electron chi connectivity index (χ2n) is 7.92. The Morgan fingerprint density at radius 2 is 1.89 bits per heavy atom. The molecular weight excluding hydrogens is 466 g/mol. The summed E-state index contributed by atoms with van der Waals surface area (Å²) in [5.41, 5.74) is 1.39. The molecule has 1 aliphatic rings. The van der Waals surface area contributed by atoms with E-state index in [0.717, 1.165) is 24.5 Å². The lowest BCUT2D eigenvalue weighted by molar-refractivity contribution is -0.139. The minimum Gasteiger partial charge on any atom is -0.497 e. The fraction of sp³-hybridized carbons (Fsp3) is 0.346. The second-order valence-corrected chi connectivity index (χ2v) is 8.93. The molecule has 184 valence electrons. The maximum Gasteiger partial charge on any atom is 0.338 e. The van der Waals surface area contributed by atoms with E-state index >= 15 is 0 Å². The summed E-state index contributed by atoms with van der Waals surface area (Å²) in [7, 11) is 1.59. The topological polar surface area (TPSA) is 86.3 Å². The average molecular weight is 496 g/mol. The molecular formula is C26H29N3O5S. The van der Waals surface area contributed by atoms with E-state index in [1.165, 1.54) is 11.3 Å². The van der Waals surface area contributed by atoms with Crippen LogP contribution >= 0.6 is 11.3 Å². The van der Waals surface area contributed by atoms with Crippen LogP contribution in [0.15, 0.2) is 61.9 Å². The Kier molecular flexibility index (Phi) is 7.25. The number of ether oxygens (including phenoxy) is 2. The summed E-state index contributed by atoms with van der Waals surface area (Å²) in [4.78, 5) is 33.8. The normalized spacial score (nSPS) is 15.6. The fourth-order valence-corrected chi connectivity index (χ4v) is 5.17. The number of benzene rings is 1. The summed E-state index contributed by atoms with van der Waals surface area (Å²) in [6, 6.07) is 10.4. The number of hydrogen-bond acceptors (Lipinski definition) is 8. The van der Waals surface area contributed by atoms with Gasteiger partial charge in [-0.2, -0.15) is 0 Å². The van der Waals surface area contributed by atoms with Crippen LogP contribution in [0.2, 0.25) is 0 Å². The van der Waals surface area contributed by atoms with Crippen molar-refractivity contribution in [1.82, 2.24) is 4.57 Å². The number of hydrogen-bond donors (Lipinski definition) is 0. The van der Waals surface area contributed by atoms with E-state index in [4.69, 9.17) is 13.9 Å². The van der Waals surface area contributed by atoms with Gasteiger partial charge < -0.3 is 18.8 Å². The van der Waals surface area contributed by atoms with E-state index in [0.29, 0.717) is 32.1 Å². The lowest BCUT2D eigenvalue weighted by Crippen LogP contribution is -2.39. The van der Waals surface area contributed by atoms with Crippen LogP contribution in [-0.2, 0) is 9.53 Å². The largest absolute Gasteiger partial charge is 0.497 e. The molecule has 35 heavy (non-hydrogen) atoms. The zero-order chi connectivity index (χ0) is 25.1. The number of methoxy groups -OCH3 is 1. The number of carbonyl (C=O) groups is 1. The Hall–Kier alpha value is -3.59. The van der Waals surface area contributed by atoms with E-state index in [1.54, 1.807) is 43.7 Å². The van der Waals surface area contributed by atoms with E-state index in [9.17, 15) is 9.59 Å². The summed E-state index contributed by atoms with van der Waals surface area (Å²) in [5, 5.41) is 0. The first-order valence-electron chi connectivity index (χ1n) is 11.6. The van der Waals surface area contributed by atoms with Crippen molar-refractivity contribution in [1.29, 1.82) is 0 Å². The van der Waals surface area contributed by atoms with Crippen molar-refractivity contribution < 1.29 is 18.7 Å². The van der Waals surface area contributed by atoms with Crippen molar-refractivity contribution in [3.63, 3.8) is 0 Å². The maximum absolute atomic E-state index is 13.6. The lowest BCUT2D eigenvalue weighted by Gasteiger charge is -2.24. The predicted molar refractivity (Wildman–Crippen MR) is 136 cm³/mol. The van der Waals surface area contributed by atoms with Crippen molar-refractivity contribution in [3.8, 4) is 5.75 Å². The van der Waals surface area contributed by atoms with Crippen molar-refractivity contribution in [2.45, 2.75) is 33.7 Å². The van der Waals surface area contributed by atoms with Crippen molar-refractivity contribution in [2.75, 3.05) is 31.7 Å². The summed E-state index contributed by atoms with van der Waals surface area (Å²) >= 11 is 1.27. The number of furan rings is 1. The molecule has 4 rings (SSSR count). The molecule has 0 bridgehead atoms. The monoisotopic (exact) mass is 495 g/mol. The Balaban J connectivity index is 1.87. The highest BCUT2D eigenvalue weighted by molar-refractivity contribution is 7.07. The summed E-state index contributed by atoms with van der Waals surface area (Å²) in [5.74, 6) is 1.53. The van der Waals surface area contributed by atoms with Gasteiger partial charge in [-0.05, 0) is 51.5 Å². The smallest absolute Gasteiger partial charge is 0.338 e. The highest BCUT2D eigenvalue weighted by Gasteiger charge is 2.33. The summed E-state index contributed by atoms with van der Waals surface area (Å²) in [6.07, 6.45) is 1.73. The Morgan fingerprint density at radius 3 is 2.51 bits per heavy atom. The lowest BCUT2D eigenvalue weighted by atomic mass is 9.96. The van der Waals surface area contributed by atoms with Gasteiger partial charge in [0.15, 0.2) is 10.7 Å². The van der Waals surface area contributed by atoms with Crippen LogP contribution < -0.4 is 24.5 Å². The minimum atomic E-state index is -0.666. The number of fused-ring (bicyclic) bond motifs is 1. The maximum atomic E-state index is 13.6. The molecule has 0 spiro atoms. The quantitative estimate of drug-likeness (QED) is 0.446. The zero-order valence-corrected chi connectivity index (χ0v) is 21.3. The van der Waals surface area contributed by atoms with Crippen LogP contribution in [0.1, 0.15) is 45.1 Å². The molecule has 1 atom stereocenters. The van der Waals surface area contributed by atoms with Crippen molar-refractivity contribution in [3.05, 3.63) is 78.7 Å². The Labute approximate surface area is 207 Å². The number of anilines is 1. The molecule has 0 amide bonds. The molecule has 9 heteroatoms. The Bertz CT molecular complexity index is 1420. The highest BCUT2D eigenvalue weighted by Crippen LogP contribution is 2.31. The molecule has 0 saturated carbocycles. The number of allylic oxidation sites excluding steroid dienone is 1. The van der Waals surface area contributed by atoms with Crippen LogP contribution in [0, 0.1) is 0 Å². The second kappa shape index (κ2) is 10.4. The van der Waals surface area contributed by atoms with Gasteiger partial charge in [-0.3, -0.25) is 9.36 Å². The molecule has 8 nitrogen and oxygen atoms in total. The van der Waals surface area contributed by atoms with Crippen LogP contribution in [0.25, 0.3) is 6.08 Å². The van der Waals surface area contributed by atoms with Gasteiger partial charge in [0.2, 0.25) is 0 Å². The van der Waals surface area contributed by atoms with E-state index in [1.807, 2.05) is 24.3 Å². The molecule has 0 saturated heterocycles. The molecule has 1 aromatic carbocycles. The molecule has 0 aliphatic carbocycles. The Morgan fingerprint density at radius 1 is 1.17 bits per heavy atom. The van der Waals surface area contributed by atoms with Gasteiger partial charge in [0.1, 0.15) is 11.5 Å². The van der Waals surface area contributed by atoms with E-state index in [2.05, 4.69) is 23.7 Å². The third kappa shape index (κ3) is 4.68. The van der Waals surface area contributed by atoms with Crippen LogP contribution in [0.3, 0.4) is 0 Å². The molecule has 1 unspecified atom stereocenters. The van der Waals surface area contributed by atoms with Gasteiger partial charge in [-0.1, -0.05) is 23.5 Å². The first-order chi connectivity index (χ1) is 16.9. The van der Waals surface area contributed by atoms with Gasteiger partial charge >= 0.3 is 5.97 Å². The van der Waals surface area contributed by atoms with Crippen LogP contribution in [-0.4, -0.2) is 37.3 Å². The van der Waals surface area contributed by atoms with Crippen LogP contribution in [0.4, 0.5) is 5.88 Å². The molecule has 2 aromatic heterocycles. The number of aromatic nitrogens is 1. The van der Waals surface area contributed by atoms with Crippen molar-refractivity contribution >= 4 is 29.3 Å². The SMILES string of the molecule is CCOC(=O)C1=C(C)N=c2s/c(=C\c3ccc(N(CC)CC)o3)c(=O)n2C1c1ccc(OC)cc1. The number of carbonyl (C=O) groups excluding carboxylic acids is 1. The molecule has 1 aliphatic heterocycles. The zero-order valence-electron chi connectivity index (χ0n) is 20.5. The predicted octanol–water partition coefficient (Wildman–Crippen LogP) is 3.25. The highest BCUT2D eigenvalue weighted by atomic mass is 32.1. The van der Waals surface area contributed by atoms with Gasteiger partial charge in [-0.15, -0.1) is 0 Å². The molecule has 3 heterocycles. The van der Waals surface area contributed by atoms with Gasteiger partial charge in [-0.25, -0.2) is 9.79 Å². The number of nitrogens with zero attached hydrogens (tertiary/aromatic N) is 3. The van der Waals surface area contributed by atoms with Crippen LogP contribution in [0.5, 0.6) is 5.75 Å². The third-order valence-electron chi connectivity index (χ3n) is 5.91. The fourth-order valence-electron chi connectivity index (χ4n) is 4.15. The molecule has 0 radical (unpaired) electrons. The standard InChI is InChI=1S/C26H29N3O5S/c1-6-28(7-2)21-14-13-19(34-21)15-20-24(30)29-23(17-9-11-18(32-5)12-10-17)22(25(31)33-8-3)16(4)27-26(29)35-20/h9-15,23H,6-8H2,1-5H3/b20-15-. The van der Waals surface area contributed by atoms with E-state index in [-0.39, 0.29) is 12.2 Å². The summed E-state index contributed by atoms with van der Waals surface area (Å²) in [6.45, 7) is 9.51. The summed E-state index contributed by atoms with van der Waals surface area (Å²) < 4.78 is 18.6.